The molecule has 0 radical (unpaired) electrons. The van der Waals surface area contributed by atoms with Gasteiger partial charge in [0, 0.05) is 20.5 Å². The van der Waals surface area contributed by atoms with E-state index in [4.69, 9.17) is 23.2 Å². The fourth-order valence-corrected chi connectivity index (χ4v) is 2.77. The minimum atomic E-state index is -0.620. The first-order chi connectivity index (χ1) is 10.0. The van der Waals surface area contributed by atoms with Crippen molar-refractivity contribution in [3.8, 4) is 0 Å². The highest BCUT2D eigenvalue weighted by Crippen LogP contribution is 2.24. The van der Waals surface area contributed by atoms with Crippen molar-refractivity contribution >= 4 is 47.1 Å². The van der Waals surface area contributed by atoms with Crippen molar-refractivity contribution in [2.75, 3.05) is 0 Å². The average molecular weight is 341 g/mol. The second kappa shape index (κ2) is 7.36. The summed E-state index contributed by atoms with van der Waals surface area (Å²) in [6.07, 6.45) is 0. The molecule has 0 aromatic heterocycles. The molecule has 0 spiro atoms. The van der Waals surface area contributed by atoms with E-state index in [1.165, 1.54) is 0 Å². The van der Waals surface area contributed by atoms with Crippen LogP contribution in [0.5, 0.6) is 0 Å². The maximum Gasteiger partial charge on any atom is 0.331 e. The summed E-state index contributed by atoms with van der Waals surface area (Å²) < 4.78 is 2.48. The minimum absolute atomic E-state index is 0.406. The lowest BCUT2D eigenvalue weighted by Crippen LogP contribution is -2.36. The molecule has 0 aliphatic heterocycles. The Morgan fingerprint density at radius 3 is 2.19 bits per heavy atom. The topological polar surface area (TPSA) is 58.2 Å². The van der Waals surface area contributed by atoms with Crippen molar-refractivity contribution in [1.29, 1.82) is 0 Å². The fourth-order valence-electron chi connectivity index (χ4n) is 1.48. The van der Waals surface area contributed by atoms with Gasteiger partial charge in [0.2, 0.25) is 0 Å². The molecule has 0 fully saturated rings. The van der Waals surface area contributed by atoms with E-state index in [1.807, 2.05) is 0 Å². The molecule has 0 bridgehead atoms. The van der Waals surface area contributed by atoms with Gasteiger partial charge >= 0.3 is 6.03 Å². The molecule has 2 aromatic rings. The van der Waals surface area contributed by atoms with Crippen LogP contribution in [0.3, 0.4) is 0 Å². The highest BCUT2D eigenvalue weighted by molar-refractivity contribution is 7.98. The third-order valence-electron chi connectivity index (χ3n) is 2.36. The Hall–Kier alpha value is -1.69. The molecular weight excluding hydrogens is 331 g/mol. The molecule has 0 atom stereocenters. The maximum absolute atomic E-state index is 11.8. The summed E-state index contributed by atoms with van der Waals surface area (Å²) in [5.41, 5.74) is 0.406. The molecule has 0 heterocycles. The normalized spacial score (nSPS) is 10.0. The summed E-state index contributed by atoms with van der Waals surface area (Å²) in [5, 5.41) is 3.15. The number of carbonyl (C=O) groups excluding carboxylic acids is 2. The quantitative estimate of drug-likeness (QED) is 0.825. The van der Waals surface area contributed by atoms with Gasteiger partial charge in [-0.1, -0.05) is 41.4 Å². The number of nitrogens with one attached hydrogen (secondary N) is 2. The number of amides is 3. The van der Waals surface area contributed by atoms with E-state index in [-0.39, 0.29) is 0 Å². The lowest BCUT2D eigenvalue weighted by molar-refractivity contribution is 0.0965. The SMILES string of the molecule is O=C(NSc1cc(Cl)cc(Cl)c1)NC(=O)c1ccccc1. The third-order valence-corrected chi connectivity index (χ3v) is 3.56. The zero-order chi connectivity index (χ0) is 15.2. The summed E-state index contributed by atoms with van der Waals surface area (Å²) >= 11 is 12.7. The van der Waals surface area contributed by atoms with Crippen molar-refractivity contribution in [3.05, 3.63) is 64.1 Å². The van der Waals surface area contributed by atoms with Crippen LogP contribution in [0.4, 0.5) is 4.79 Å². The number of imide groups is 1. The average Bonchev–Trinajstić information content (AvgIpc) is 2.45. The largest absolute Gasteiger partial charge is 0.331 e. The standard InChI is InChI=1S/C14H10Cl2N2O2S/c15-10-6-11(16)8-12(7-10)21-18-14(20)17-13(19)9-4-2-1-3-5-9/h1-8H,(H2,17,18,19,20). The van der Waals surface area contributed by atoms with Gasteiger partial charge in [-0.05, 0) is 42.3 Å². The lowest BCUT2D eigenvalue weighted by atomic mass is 10.2. The van der Waals surface area contributed by atoms with Gasteiger partial charge in [0.15, 0.2) is 0 Å². The van der Waals surface area contributed by atoms with Crippen LogP contribution in [0.1, 0.15) is 10.4 Å². The molecule has 4 nitrogen and oxygen atoms in total. The van der Waals surface area contributed by atoms with E-state index in [9.17, 15) is 9.59 Å². The van der Waals surface area contributed by atoms with Crippen LogP contribution in [-0.4, -0.2) is 11.9 Å². The van der Waals surface area contributed by atoms with E-state index in [0.29, 0.717) is 20.5 Å². The van der Waals surface area contributed by atoms with Crippen molar-refractivity contribution in [1.82, 2.24) is 10.0 Å². The predicted octanol–water partition coefficient (Wildman–Crippen LogP) is 4.14. The first-order valence-corrected chi connectivity index (χ1v) is 7.41. The van der Waals surface area contributed by atoms with Crippen LogP contribution >= 0.6 is 35.1 Å². The van der Waals surface area contributed by atoms with Crippen LogP contribution in [0, 0.1) is 0 Å². The summed E-state index contributed by atoms with van der Waals surface area (Å²) in [6, 6.07) is 12.7. The predicted molar refractivity (Wildman–Crippen MR) is 84.8 cm³/mol. The second-order valence-corrected chi connectivity index (χ2v) is 5.71. The Balaban J connectivity index is 1.89. The van der Waals surface area contributed by atoms with E-state index in [0.717, 1.165) is 11.9 Å². The van der Waals surface area contributed by atoms with Gasteiger partial charge in [0.1, 0.15) is 0 Å². The van der Waals surface area contributed by atoms with Crippen LogP contribution in [0.25, 0.3) is 0 Å². The van der Waals surface area contributed by atoms with E-state index >= 15 is 0 Å². The van der Waals surface area contributed by atoms with Crippen molar-refractivity contribution < 1.29 is 9.59 Å². The fraction of sp³-hybridized carbons (Fsp3) is 0. The number of halogens is 2. The molecule has 2 N–H and O–H groups in total. The van der Waals surface area contributed by atoms with Crippen molar-refractivity contribution in [2.24, 2.45) is 0 Å². The van der Waals surface area contributed by atoms with E-state index in [1.54, 1.807) is 48.5 Å². The second-order valence-electron chi connectivity index (χ2n) is 3.96. The lowest BCUT2D eigenvalue weighted by Gasteiger charge is -2.06. The number of carbonyl (C=O) groups is 2. The van der Waals surface area contributed by atoms with Crippen molar-refractivity contribution in [2.45, 2.75) is 4.90 Å². The number of urea groups is 1. The van der Waals surface area contributed by atoms with E-state index in [2.05, 4.69) is 10.0 Å². The first kappa shape index (κ1) is 15.7. The van der Waals surface area contributed by atoms with Crippen LogP contribution in [0.15, 0.2) is 53.4 Å². The number of benzene rings is 2. The summed E-state index contributed by atoms with van der Waals surface area (Å²) in [6.45, 7) is 0. The zero-order valence-corrected chi connectivity index (χ0v) is 12.9. The molecular formula is C14H10Cl2N2O2S. The van der Waals surface area contributed by atoms with Crippen LogP contribution in [0.2, 0.25) is 10.0 Å². The molecule has 2 aromatic carbocycles. The highest BCUT2D eigenvalue weighted by atomic mass is 35.5. The molecule has 0 aliphatic carbocycles. The smallest absolute Gasteiger partial charge is 0.277 e. The Morgan fingerprint density at radius 1 is 0.952 bits per heavy atom. The monoisotopic (exact) mass is 340 g/mol. The van der Waals surface area contributed by atoms with Gasteiger partial charge in [0.05, 0.1) is 0 Å². The van der Waals surface area contributed by atoms with E-state index < -0.39 is 11.9 Å². The number of hydrogen-bond donors (Lipinski definition) is 2. The van der Waals surface area contributed by atoms with Gasteiger partial charge in [-0.3, -0.25) is 14.8 Å². The molecule has 108 valence electrons. The Bertz CT molecular complexity index is 645. The van der Waals surface area contributed by atoms with Gasteiger partial charge in [-0.2, -0.15) is 0 Å². The molecule has 3 amide bonds. The number of hydrogen-bond acceptors (Lipinski definition) is 3. The van der Waals surface area contributed by atoms with Crippen LogP contribution in [-0.2, 0) is 0 Å². The molecule has 0 aliphatic rings. The first-order valence-electron chi connectivity index (χ1n) is 5.84. The molecule has 0 saturated heterocycles. The van der Waals surface area contributed by atoms with Crippen molar-refractivity contribution in [3.63, 3.8) is 0 Å². The molecule has 7 heteroatoms. The molecule has 0 unspecified atom stereocenters. The maximum atomic E-state index is 11.8. The van der Waals surface area contributed by atoms with Gasteiger partial charge in [-0.15, -0.1) is 0 Å². The van der Waals surface area contributed by atoms with Gasteiger partial charge in [-0.25, -0.2) is 4.79 Å². The summed E-state index contributed by atoms with van der Waals surface area (Å²) in [4.78, 5) is 24.1. The van der Waals surface area contributed by atoms with Crippen LogP contribution < -0.4 is 10.0 Å². The minimum Gasteiger partial charge on any atom is -0.277 e. The molecule has 2 rings (SSSR count). The van der Waals surface area contributed by atoms with Gasteiger partial charge < -0.3 is 0 Å². The Morgan fingerprint density at radius 2 is 1.57 bits per heavy atom. The molecule has 0 saturated carbocycles. The number of rotatable bonds is 3. The summed E-state index contributed by atoms with van der Waals surface area (Å²) in [7, 11) is 0. The van der Waals surface area contributed by atoms with Gasteiger partial charge in [0.25, 0.3) is 5.91 Å². The Kier molecular flexibility index (Phi) is 5.50. The third kappa shape index (κ3) is 4.97. The Labute approximate surface area is 136 Å². The summed E-state index contributed by atoms with van der Waals surface area (Å²) in [5.74, 6) is -0.474. The zero-order valence-electron chi connectivity index (χ0n) is 10.6. The molecule has 21 heavy (non-hydrogen) atoms. The highest BCUT2D eigenvalue weighted by Gasteiger charge is 2.10.